The average molecular weight is 333 g/mol. The highest BCUT2D eigenvalue weighted by Gasteiger charge is 2.43. The van der Waals surface area contributed by atoms with Crippen molar-refractivity contribution in [3.63, 3.8) is 0 Å². The maximum atomic E-state index is 7.76. The Morgan fingerprint density at radius 2 is 2.16 bits per heavy atom. The maximum absolute atomic E-state index is 7.76. The monoisotopic (exact) mass is 333 g/mol. The van der Waals surface area contributed by atoms with Crippen molar-refractivity contribution < 1.29 is 0 Å². The second-order valence-corrected chi connectivity index (χ2v) is 7.67. The van der Waals surface area contributed by atoms with E-state index in [0.29, 0.717) is 17.9 Å². The predicted molar refractivity (Wildman–Crippen MR) is 106 cm³/mol. The third-order valence-electron chi connectivity index (χ3n) is 5.97. The lowest BCUT2D eigenvalue weighted by atomic mass is 9.65. The summed E-state index contributed by atoms with van der Waals surface area (Å²) in [5.41, 5.74) is 11.8. The van der Waals surface area contributed by atoms with Crippen LogP contribution >= 0.6 is 0 Å². The van der Waals surface area contributed by atoms with Crippen molar-refractivity contribution >= 4 is 17.6 Å². The van der Waals surface area contributed by atoms with Gasteiger partial charge in [-0.25, -0.2) is 0 Å². The van der Waals surface area contributed by atoms with Crippen molar-refractivity contribution in [3.05, 3.63) is 53.1 Å². The molecule has 3 unspecified atom stereocenters. The molecule has 2 saturated carbocycles. The summed E-state index contributed by atoms with van der Waals surface area (Å²) in [5.74, 6) is 1.92. The van der Waals surface area contributed by atoms with Crippen LogP contribution in [0.2, 0.25) is 0 Å². The van der Waals surface area contributed by atoms with Crippen LogP contribution in [0.3, 0.4) is 0 Å². The lowest BCUT2D eigenvalue weighted by Crippen LogP contribution is -2.26. The van der Waals surface area contributed by atoms with E-state index in [0.717, 1.165) is 29.3 Å². The van der Waals surface area contributed by atoms with Crippen LogP contribution in [0.4, 0.5) is 5.69 Å². The highest BCUT2D eigenvalue weighted by Crippen LogP contribution is 2.52. The highest BCUT2D eigenvalue weighted by molar-refractivity contribution is 6.21. The fourth-order valence-electron chi connectivity index (χ4n) is 4.37. The molecule has 1 aromatic rings. The van der Waals surface area contributed by atoms with E-state index in [1.807, 2.05) is 6.07 Å². The van der Waals surface area contributed by atoms with Crippen LogP contribution in [-0.4, -0.2) is 18.0 Å². The number of allylic oxidation sites excluding steroid dienone is 4. The largest absolute Gasteiger partial charge is 0.399 e. The first-order valence-electron chi connectivity index (χ1n) is 9.54. The van der Waals surface area contributed by atoms with Gasteiger partial charge in [0.2, 0.25) is 0 Å². The van der Waals surface area contributed by atoms with Gasteiger partial charge < -0.3 is 11.1 Å². The Morgan fingerprint density at radius 1 is 1.32 bits per heavy atom. The molecule has 3 heteroatoms. The van der Waals surface area contributed by atoms with Crippen molar-refractivity contribution in [1.29, 1.82) is 5.41 Å². The van der Waals surface area contributed by atoms with Crippen LogP contribution in [0.25, 0.3) is 0 Å². The molecule has 0 radical (unpaired) electrons. The Kier molecular flexibility index (Phi) is 4.32. The molecular weight excluding hydrogens is 306 g/mol. The lowest BCUT2D eigenvalue weighted by Gasteiger charge is -2.39. The van der Waals surface area contributed by atoms with Crippen LogP contribution in [0, 0.1) is 17.2 Å². The number of nitrogens with zero attached hydrogens (tertiary/aromatic N) is 1. The second kappa shape index (κ2) is 6.62. The summed E-state index contributed by atoms with van der Waals surface area (Å²) in [6.07, 6.45) is 11.7. The number of anilines is 1. The first kappa shape index (κ1) is 16.3. The van der Waals surface area contributed by atoms with Crippen molar-refractivity contribution in [3.8, 4) is 0 Å². The average Bonchev–Trinajstić information content (AvgIpc) is 3.29. The zero-order chi connectivity index (χ0) is 17.4. The molecule has 3 aliphatic rings. The molecule has 2 aliphatic carbocycles. The molecule has 0 bridgehead atoms. The molecule has 3 nitrogen and oxygen atoms in total. The molecular formula is C22H27N3. The number of hydrogen-bond acceptors (Lipinski definition) is 3. The number of nitrogen functional groups attached to an aromatic ring is 1. The van der Waals surface area contributed by atoms with Crippen LogP contribution < -0.4 is 5.73 Å². The molecule has 0 amide bonds. The van der Waals surface area contributed by atoms with E-state index in [1.54, 1.807) is 5.57 Å². The number of hydrogen-bond donors (Lipinski definition) is 2. The number of nitrogens with two attached hydrogens (primary N) is 1. The minimum Gasteiger partial charge on any atom is -0.399 e. The van der Waals surface area contributed by atoms with Crippen LogP contribution in [0.5, 0.6) is 0 Å². The Morgan fingerprint density at radius 3 is 2.84 bits per heavy atom. The van der Waals surface area contributed by atoms with Gasteiger partial charge >= 0.3 is 0 Å². The van der Waals surface area contributed by atoms with Gasteiger partial charge in [0.05, 0.1) is 11.8 Å². The molecule has 1 aromatic carbocycles. The molecule has 3 N–H and O–H groups in total. The summed E-state index contributed by atoms with van der Waals surface area (Å²) in [7, 11) is 0. The van der Waals surface area contributed by atoms with Crippen LogP contribution in [0.1, 0.15) is 50.5 Å². The summed E-state index contributed by atoms with van der Waals surface area (Å²) in [6.45, 7) is 2.12. The predicted octanol–water partition coefficient (Wildman–Crippen LogP) is 4.91. The Bertz CT molecular complexity index is 771. The van der Waals surface area contributed by atoms with Gasteiger partial charge in [0, 0.05) is 17.5 Å². The van der Waals surface area contributed by atoms with Gasteiger partial charge in [-0.3, -0.25) is 4.99 Å². The van der Waals surface area contributed by atoms with Gasteiger partial charge in [-0.1, -0.05) is 30.7 Å². The number of nitrogens with one attached hydrogen (secondary N) is 1. The number of benzene rings is 1. The third-order valence-corrected chi connectivity index (χ3v) is 5.97. The van der Waals surface area contributed by atoms with E-state index < -0.39 is 0 Å². The van der Waals surface area contributed by atoms with Gasteiger partial charge in [0.15, 0.2) is 0 Å². The van der Waals surface area contributed by atoms with Gasteiger partial charge in [-0.05, 0) is 73.6 Å². The number of fused-ring (bicyclic) bond motifs is 1. The van der Waals surface area contributed by atoms with E-state index in [2.05, 4.69) is 37.3 Å². The molecule has 130 valence electrons. The first-order chi connectivity index (χ1) is 12.2. The lowest BCUT2D eigenvalue weighted by molar-refractivity contribution is 0.291. The smallest absolute Gasteiger partial charge is 0.0661 e. The third kappa shape index (κ3) is 3.20. The zero-order valence-corrected chi connectivity index (χ0v) is 14.9. The highest BCUT2D eigenvalue weighted by atomic mass is 14.9. The van der Waals surface area contributed by atoms with Gasteiger partial charge in [-0.2, -0.15) is 0 Å². The molecule has 2 fully saturated rings. The summed E-state index contributed by atoms with van der Waals surface area (Å²) in [6, 6.07) is 8.88. The summed E-state index contributed by atoms with van der Waals surface area (Å²) >= 11 is 0. The second-order valence-electron chi connectivity index (χ2n) is 7.67. The molecule has 4 atom stereocenters. The Balaban J connectivity index is 1.62. The molecule has 0 aromatic heterocycles. The zero-order valence-electron chi connectivity index (χ0n) is 14.9. The van der Waals surface area contributed by atoms with Crippen molar-refractivity contribution in [2.75, 3.05) is 5.73 Å². The summed E-state index contributed by atoms with van der Waals surface area (Å²) in [5, 5.41) is 7.76. The fourth-order valence-corrected chi connectivity index (χ4v) is 4.37. The van der Waals surface area contributed by atoms with Gasteiger partial charge in [0.1, 0.15) is 0 Å². The quantitative estimate of drug-likeness (QED) is 0.584. The molecule has 0 spiro atoms. The standard InChI is InChI=1S/C22H27N3/c1-2-4-15(13-23)21-11-16(9-17-12-22(17)25-21)20-8-7-19(20)14-5-3-6-18(24)10-14/h3-6,10-11,13,17,19-20,22-23H,2,7-9,12,24H2,1H3/b15-4+,23-13?/t17?,19-,20?,22?/m0/s1. The van der Waals surface area contributed by atoms with Gasteiger partial charge in [0.25, 0.3) is 0 Å². The molecule has 1 heterocycles. The van der Waals surface area contributed by atoms with E-state index in [9.17, 15) is 0 Å². The number of rotatable bonds is 5. The molecule has 25 heavy (non-hydrogen) atoms. The van der Waals surface area contributed by atoms with E-state index in [-0.39, 0.29) is 0 Å². The van der Waals surface area contributed by atoms with Crippen LogP contribution in [-0.2, 0) is 0 Å². The van der Waals surface area contributed by atoms with E-state index in [4.69, 9.17) is 16.1 Å². The van der Waals surface area contributed by atoms with E-state index >= 15 is 0 Å². The van der Waals surface area contributed by atoms with Crippen molar-refractivity contribution in [2.45, 2.75) is 51.0 Å². The fraction of sp³-hybridized carbons (Fsp3) is 0.455. The molecule has 1 aliphatic heterocycles. The van der Waals surface area contributed by atoms with Crippen molar-refractivity contribution in [2.24, 2.45) is 16.8 Å². The molecule has 4 rings (SSSR count). The SMILES string of the molecule is CC/C=C(\C=N)C1=NC2CC2CC(C2CC[C@H]2c2cccc(N)c2)=C1. The van der Waals surface area contributed by atoms with Crippen LogP contribution in [0.15, 0.2) is 52.6 Å². The Labute approximate surface area is 150 Å². The molecule has 0 saturated heterocycles. The minimum absolute atomic E-state index is 0.481. The first-order valence-corrected chi connectivity index (χ1v) is 9.54. The summed E-state index contributed by atoms with van der Waals surface area (Å²) < 4.78 is 0. The van der Waals surface area contributed by atoms with Gasteiger partial charge in [-0.15, -0.1) is 0 Å². The summed E-state index contributed by atoms with van der Waals surface area (Å²) in [4.78, 5) is 4.94. The minimum atomic E-state index is 0.481. The Hall–Kier alpha value is -2.16. The number of aliphatic imine (C=N–C) groups is 1. The van der Waals surface area contributed by atoms with E-state index in [1.165, 1.54) is 37.5 Å². The topological polar surface area (TPSA) is 62.2 Å². The maximum Gasteiger partial charge on any atom is 0.0661 e. The normalized spacial score (nSPS) is 31.2. The van der Waals surface area contributed by atoms with Crippen molar-refractivity contribution in [1.82, 2.24) is 0 Å².